The van der Waals surface area contributed by atoms with E-state index in [-0.39, 0.29) is 47.1 Å². The first kappa shape index (κ1) is 26.8. The molecule has 0 aromatic carbocycles. The number of primary amides is 1. The number of aliphatic imine (C=N–C) groups is 1. The van der Waals surface area contributed by atoms with Crippen LogP contribution >= 0.6 is 24.0 Å². The molecule has 4 atom stereocenters. The second-order valence-corrected chi connectivity index (χ2v) is 10.4. The van der Waals surface area contributed by atoms with Crippen LogP contribution in [0.15, 0.2) is 23.3 Å². The maximum Gasteiger partial charge on any atom is 0.222 e. The quantitative estimate of drug-likeness (QED) is 0.261. The molecule has 0 radical (unpaired) electrons. The summed E-state index contributed by atoms with van der Waals surface area (Å²) in [5.41, 5.74) is 6.61. The SMILES string of the molecule is CCS(=O)C1CCCC(NC(=NC)NCc2cccnc2N2CCCC(C(N)=O)C2)C1.I. The lowest BCUT2D eigenvalue weighted by molar-refractivity contribution is -0.122. The highest BCUT2D eigenvalue weighted by Gasteiger charge is 2.27. The minimum Gasteiger partial charge on any atom is -0.369 e. The van der Waals surface area contributed by atoms with Crippen LogP contribution in [0.3, 0.4) is 0 Å². The highest BCUT2D eigenvalue weighted by molar-refractivity contribution is 14.0. The van der Waals surface area contributed by atoms with Crippen LogP contribution in [0.4, 0.5) is 5.82 Å². The number of nitrogens with two attached hydrogens (primary N) is 1. The molecule has 1 aliphatic heterocycles. The molecule has 0 bridgehead atoms. The van der Waals surface area contributed by atoms with E-state index in [9.17, 15) is 9.00 Å². The molecular weight excluding hydrogens is 539 g/mol. The first-order chi connectivity index (χ1) is 15.0. The van der Waals surface area contributed by atoms with Gasteiger partial charge < -0.3 is 21.3 Å². The molecule has 3 rings (SSSR count). The minimum absolute atomic E-state index is 0. The molecule has 32 heavy (non-hydrogen) atoms. The Labute approximate surface area is 211 Å². The van der Waals surface area contributed by atoms with E-state index in [2.05, 4.69) is 31.6 Å². The van der Waals surface area contributed by atoms with Gasteiger partial charge in [0.05, 0.1) is 5.92 Å². The first-order valence-corrected chi connectivity index (χ1v) is 12.7. The van der Waals surface area contributed by atoms with E-state index in [1.165, 1.54) is 0 Å². The van der Waals surface area contributed by atoms with E-state index in [4.69, 9.17) is 5.73 Å². The van der Waals surface area contributed by atoms with Crippen LogP contribution < -0.4 is 21.3 Å². The van der Waals surface area contributed by atoms with Crippen molar-refractivity contribution < 1.29 is 9.00 Å². The first-order valence-electron chi connectivity index (χ1n) is 11.3. The van der Waals surface area contributed by atoms with Gasteiger partial charge in [0, 0.05) is 66.3 Å². The predicted octanol–water partition coefficient (Wildman–Crippen LogP) is 2.15. The Morgan fingerprint density at radius 2 is 2.16 bits per heavy atom. The molecule has 4 unspecified atom stereocenters. The Kier molecular flexibility index (Phi) is 11.2. The van der Waals surface area contributed by atoms with Crippen LogP contribution in [0.25, 0.3) is 0 Å². The Bertz CT molecular complexity index is 808. The van der Waals surface area contributed by atoms with Gasteiger partial charge in [-0.15, -0.1) is 24.0 Å². The average Bonchev–Trinajstić information content (AvgIpc) is 2.81. The number of anilines is 1. The summed E-state index contributed by atoms with van der Waals surface area (Å²) in [6.07, 6.45) is 7.69. The zero-order valence-corrected chi connectivity index (χ0v) is 22.2. The van der Waals surface area contributed by atoms with Crippen molar-refractivity contribution >= 4 is 52.5 Å². The van der Waals surface area contributed by atoms with Crippen LogP contribution in [0.5, 0.6) is 0 Å². The van der Waals surface area contributed by atoms with Crippen LogP contribution in [-0.4, -0.2) is 58.2 Å². The number of nitrogens with one attached hydrogen (secondary N) is 2. The molecule has 180 valence electrons. The van der Waals surface area contributed by atoms with E-state index < -0.39 is 10.8 Å². The molecule has 4 N–H and O–H groups in total. The Morgan fingerprint density at radius 3 is 2.88 bits per heavy atom. The number of carbonyl (C=O) groups excluding carboxylic acids is 1. The summed E-state index contributed by atoms with van der Waals surface area (Å²) in [6, 6.07) is 4.27. The zero-order valence-electron chi connectivity index (χ0n) is 19.1. The predicted molar refractivity (Wildman–Crippen MR) is 142 cm³/mol. The van der Waals surface area contributed by atoms with Crippen molar-refractivity contribution in [3.63, 3.8) is 0 Å². The van der Waals surface area contributed by atoms with E-state index in [1.807, 2.05) is 13.0 Å². The lowest BCUT2D eigenvalue weighted by atomic mass is 9.95. The van der Waals surface area contributed by atoms with Crippen LogP contribution in [0.2, 0.25) is 0 Å². The summed E-state index contributed by atoms with van der Waals surface area (Å²) >= 11 is 0. The standard InChI is InChI=1S/C22H36N6O2S.HI/c1-3-31(30)19-10-4-9-18(13-19)27-22(24-2)26-14-16-7-5-11-25-21(16)28-12-6-8-17(15-28)20(23)29;/h5,7,11,17-19H,3-4,6,8-10,12-15H2,1-2H3,(H2,23,29)(H2,24,26,27);1H. The monoisotopic (exact) mass is 576 g/mol. The van der Waals surface area contributed by atoms with Crippen LogP contribution in [-0.2, 0) is 22.1 Å². The summed E-state index contributed by atoms with van der Waals surface area (Å²) in [7, 11) is 1.03. The van der Waals surface area contributed by atoms with Gasteiger partial charge in [-0.05, 0) is 38.2 Å². The van der Waals surface area contributed by atoms with Gasteiger partial charge in [0.2, 0.25) is 5.91 Å². The summed E-state index contributed by atoms with van der Waals surface area (Å²) in [6.45, 7) is 4.06. The van der Waals surface area contributed by atoms with E-state index >= 15 is 0 Å². The summed E-state index contributed by atoms with van der Waals surface area (Å²) in [4.78, 5) is 22.8. The number of nitrogens with zero attached hydrogens (tertiary/aromatic N) is 3. The van der Waals surface area contributed by atoms with Gasteiger partial charge in [-0.1, -0.05) is 19.4 Å². The van der Waals surface area contributed by atoms with E-state index in [0.717, 1.165) is 68.2 Å². The fourth-order valence-electron chi connectivity index (χ4n) is 4.57. The second kappa shape index (κ2) is 13.3. The highest BCUT2D eigenvalue weighted by atomic mass is 127. The molecule has 1 aliphatic carbocycles. The lowest BCUT2D eigenvalue weighted by Gasteiger charge is -2.33. The number of hydrogen-bond acceptors (Lipinski definition) is 5. The van der Waals surface area contributed by atoms with Gasteiger partial charge in [0.1, 0.15) is 5.82 Å². The number of aromatic nitrogens is 1. The Hall–Kier alpha value is -1.43. The number of halogens is 1. The van der Waals surface area contributed by atoms with Gasteiger partial charge in [0.25, 0.3) is 0 Å². The number of pyridine rings is 1. The molecule has 10 heteroatoms. The third-order valence-electron chi connectivity index (χ3n) is 6.28. The van der Waals surface area contributed by atoms with E-state index in [0.29, 0.717) is 13.1 Å². The van der Waals surface area contributed by atoms with Crippen molar-refractivity contribution in [1.29, 1.82) is 0 Å². The van der Waals surface area contributed by atoms with Crippen molar-refractivity contribution in [3.8, 4) is 0 Å². The fourth-order valence-corrected chi connectivity index (χ4v) is 5.92. The maximum absolute atomic E-state index is 12.2. The summed E-state index contributed by atoms with van der Waals surface area (Å²) in [5.74, 6) is 2.00. The van der Waals surface area contributed by atoms with Crippen molar-refractivity contribution in [1.82, 2.24) is 15.6 Å². The summed E-state index contributed by atoms with van der Waals surface area (Å²) < 4.78 is 12.2. The van der Waals surface area contributed by atoms with Crippen molar-refractivity contribution in [2.24, 2.45) is 16.6 Å². The molecule has 1 saturated heterocycles. The van der Waals surface area contributed by atoms with Crippen LogP contribution in [0, 0.1) is 5.92 Å². The number of hydrogen-bond donors (Lipinski definition) is 3. The average molecular weight is 577 g/mol. The smallest absolute Gasteiger partial charge is 0.222 e. The zero-order chi connectivity index (χ0) is 22.2. The van der Waals surface area contributed by atoms with Crippen molar-refractivity contribution in [2.45, 2.75) is 63.3 Å². The molecule has 1 aromatic rings. The van der Waals surface area contributed by atoms with Gasteiger partial charge in [-0.25, -0.2) is 4.98 Å². The molecule has 8 nitrogen and oxygen atoms in total. The van der Waals surface area contributed by atoms with Gasteiger partial charge >= 0.3 is 0 Å². The largest absolute Gasteiger partial charge is 0.369 e. The third-order valence-corrected chi connectivity index (χ3v) is 8.02. The number of carbonyl (C=O) groups is 1. The Morgan fingerprint density at radius 1 is 1.34 bits per heavy atom. The molecule has 2 fully saturated rings. The number of guanidine groups is 1. The van der Waals surface area contributed by atoms with Gasteiger partial charge in [0.15, 0.2) is 5.96 Å². The molecule has 0 spiro atoms. The van der Waals surface area contributed by atoms with Crippen LogP contribution in [0.1, 0.15) is 51.0 Å². The highest BCUT2D eigenvalue weighted by Crippen LogP contribution is 2.25. The van der Waals surface area contributed by atoms with Crippen molar-refractivity contribution in [2.75, 3.05) is 30.8 Å². The third kappa shape index (κ3) is 7.29. The molecule has 2 heterocycles. The minimum atomic E-state index is -0.744. The second-order valence-electron chi connectivity index (χ2n) is 8.40. The molecule has 1 aromatic heterocycles. The van der Waals surface area contributed by atoms with E-state index in [1.54, 1.807) is 13.2 Å². The molecule has 1 saturated carbocycles. The number of rotatable bonds is 7. The summed E-state index contributed by atoms with van der Waals surface area (Å²) in [5, 5.41) is 7.20. The molecule has 1 amide bonds. The van der Waals surface area contributed by atoms with Gasteiger partial charge in [-0.2, -0.15) is 0 Å². The Balaban J connectivity index is 0.00000363. The molecule has 2 aliphatic rings. The maximum atomic E-state index is 12.2. The van der Waals surface area contributed by atoms with Gasteiger partial charge in [-0.3, -0.25) is 14.0 Å². The number of amides is 1. The fraction of sp³-hybridized carbons (Fsp3) is 0.682. The van der Waals surface area contributed by atoms with Crippen molar-refractivity contribution in [3.05, 3.63) is 23.9 Å². The molecular formula is C22H37IN6O2S. The topological polar surface area (TPSA) is 113 Å². The lowest BCUT2D eigenvalue weighted by Crippen LogP contribution is -2.46. The number of piperidine rings is 1. The normalized spacial score (nSPS) is 24.9.